The zero-order valence-corrected chi connectivity index (χ0v) is 18.6. The van der Waals surface area contributed by atoms with E-state index in [-0.39, 0.29) is 12.5 Å². The van der Waals surface area contributed by atoms with E-state index in [9.17, 15) is 9.90 Å². The summed E-state index contributed by atoms with van der Waals surface area (Å²) in [5, 5.41) is 20.5. The third-order valence-corrected chi connectivity index (χ3v) is 6.00. The predicted octanol–water partition coefficient (Wildman–Crippen LogP) is 4.36. The SMILES string of the molecule is C[C@@H](/C=C/CCO)[C@]1(O)C(=O)N(Cc2cccc(I)c2)c2ccc(Br)cc21. The minimum Gasteiger partial charge on any atom is -0.396 e. The molecule has 2 aromatic carbocycles. The standard InChI is InChI=1S/C21H21BrINO3/c1-14(5-2-3-10-25)21(27)18-12-16(22)8-9-19(18)24(20(21)26)13-15-6-4-7-17(23)11-15/h2,4-9,11-12,14,25,27H,3,10,13H2,1H3/b5-2+/t14-,21+/m0/s1. The first kappa shape index (κ1) is 20.5. The van der Waals surface area contributed by atoms with Crippen molar-refractivity contribution in [2.24, 2.45) is 5.92 Å². The highest BCUT2D eigenvalue weighted by Crippen LogP contribution is 2.46. The van der Waals surface area contributed by atoms with E-state index < -0.39 is 11.5 Å². The summed E-state index contributed by atoms with van der Waals surface area (Å²) in [5.74, 6) is -0.749. The van der Waals surface area contributed by atoms with Crippen molar-refractivity contribution in [2.75, 3.05) is 11.5 Å². The summed E-state index contributed by atoms with van der Waals surface area (Å²) < 4.78 is 1.92. The lowest BCUT2D eigenvalue weighted by Gasteiger charge is -2.27. The number of nitrogens with zero attached hydrogens (tertiary/aromatic N) is 1. The summed E-state index contributed by atoms with van der Waals surface area (Å²) >= 11 is 5.70. The van der Waals surface area contributed by atoms with Gasteiger partial charge in [0.15, 0.2) is 5.60 Å². The second kappa shape index (κ2) is 8.43. The van der Waals surface area contributed by atoms with Crippen LogP contribution in [-0.4, -0.2) is 22.7 Å². The molecule has 0 aliphatic carbocycles. The number of halogens is 2. The molecule has 0 aromatic heterocycles. The number of amides is 1. The molecule has 0 saturated carbocycles. The van der Waals surface area contributed by atoms with Crippen LogP contribution in [0.4, 0.5) is 5.69 Å². The molecule has 1 heterocycles. The molecule has 4 nitrogen and oxygen atoms in total. The molecule has 0 unspecified atom stereocenters. The van der Waals surface area contributed by atoms with E-state index in [0.717, 1.165) is 19.3 Å². The fourth-order valence-corrected chi connectivity index (χ4v) is 4.38. The fourth-order valence-electron chi connectivity index (χ4n) is 3.41. The van der Waals surface area contributed by atoms with Gasteiger partial charge in [0.05, 0.1) is 12.2 Å². The van der Waals surface area contributed by atoms with Crippen LogP contribution in [0.1, 0.15) is 24.5 Å². The van der Waals surface area contributed by atoms with Crippen LogP contribution in [0.5, 0.6) is 0 Å². The van der Waals surface area contributed by atoms with Gasteiger partial charge in [-0.15, -0.1) is 0 Å². The molecule has 1 aliphatic heterocycles. The first-order valence-corrected chi connectivity index (χ1v) is 10.6. The van der Waals surface area contributed by atoms with Crippen molar-refractivity contribution in [1.29, 1.82) is 0 Å². The van der Waals surface area contributed by atoms with Crippen molar-refractivity contribution in [2.45, 2.75) is 25.5 Å². The van der Waals surface area contributed by atoms with Crippen molar-refractivity contribution < 1.29 is 15.0 Å². The van der Waals surface area contributed by atoms with Crippen LogP contribution in [0.3, 0.4) is 0 Å². The van der Waals surface area contributed by atoms with E-state index in [1.807, 2.05) is 49.4 Å². The number of hydrogen-bond acceptors (Lipinski definition) is 3. The molecule has 3 rings (SSSR count). The van der Waals surface area contributed by atoms with Gasteiger partial charge in [-0.25, -0.2) is 0 Å². The fraction of sp³-hybridized carbons (Fsp3) is 0.286. The van der Waals surface area contributed by atoms with Gasteiger partial charge < -0.3 is 15.1 Å². The number of aliphatic hydroxyl groups excluding tert-OH is 1. The van der Waals surface area contributed by atoms with Crippen LogP contribution < -0.4 is 4.90 Å². The quantitative estimate of drug-likeness (QED) is 0.422. The maximum absolute atomic E-state index is 13.3. The van der Waals surface area contributed by atoms with Crippen molar-refractivity contribution in [3.8, 4) is 0 Å². The van der Waals surface area contributed by atoms with Crippen LogP contribution >= 0.6 is 38.5 Å². The Labute approximate surface area is 181 Å². The van der Waals surface area contributed by atoms with Gasteiger partial charge in [-0.3, -0.25) is 4.79 Å². The van der Waals surface area contributed by atoms with Gasteiger partial charge in [0.1, 0.15) is 0 Å². The molecular formula is C21H21BrINO3. The average Bonchev–Trinajstić information content (AvgIpc) is 2.84. The topological polar surface area (TPSA) is 60.8 Å². The Morgan fingerprint density at radius 1 is 1.30 bits per heavy atom. The van der Waals surface area contributed by atoms with Crippen molar-refractivity contribution >= 4 is 50.1 Å². The third kappa shape index (κ3) is 3.99. The van der Waals surface area contributed by atoms with E-state index in [1.54, 1.807) is 17.1 Å². The summed E-state index contributed by atoms with van der Waals surface area (Å²) in [4.78, 5) is 15.0. The average molecular weight is 542 g/mol. The molecule has 2 aromatic rings. The maximum Gasteiger partial charge on any atom is 0.264 e. The minimum absolute atomic E-state index is 0.0382. The van der Waals surface area contributed by atoms with Gasteiger partial charge in [-0.1, -0.05) is 47.1 Å². The van der Waals surface area contributed by atoms with Crippen molar-refractivity contribution in [3.63, 3.8) is 0 Å². The van der Waals surface area contributed by atoms with E-state index in [0.29, 0.717) is 18.5 Å². The Bertz CT molecular complexity index is 885. The van der Waals surface area contributed by atoms with E-state index in [2.05, 4.69) is 38.5 Å². The molecule has 1 amide bonds. The lowest BCUT2D eigenvalue weighted by Crippen LogP contribution is -2.44. The van der Waals surface area contributed by atoms with Gasteiger partial charge in [-0.2, -0.15) is 0 Å². The van der Waals surface area contributed by atoms with Crippen LogP contribution in [0.15, 0.2) is 59.1 Å². The Hall–Kier alpha value is -1.22. The zero-order chi connectivity index (χ0) is 19.6. The number of carbonyl (C=O) groups is 1. The summed E-state index contributed by atoms with van der Waals surface area (Å²) in [6.45, 7) is 2.27. The first-order valence-electron chi connectivity index (χ1n) is 8.74. The maximum atomic E-state index is 13.3. The lowest BCUT2D eigenvalue weighted by molar-refractivity contribution is -0.139. The highest BCUT2D eigenvalue weighted by molar-refractivity contribution is 14.1. The highest BCUT2D eigenvalue weighted by Gasteiger charge is 2.52. The van der Waals surface area contributed by atoms with Gasteiger partial charge >= 0.3 is 0 Å². The van der Waals surface area contributed by atoms with Crippen LogP contribution in [0.2, 0.25) is 0 Å². The predicted molar refractivity (Wildman–Crippen MR) is 118 cm³/mol. The van der Waals surface area contributed by atoms with Gasteiger partial charge in [0.25, 0.3) is 5.91 Å². The van der Waals surface area contributed by atoms with E-state index in [1.165, 1.54) is 0 Å². The Balaban J connectivity index is 2.02. The highest BCUT2D eigenvalue weighted by atomic mass is 127. The third-order valence-electron chi connectivity index (χ3n) is 4.84. The summed E-state index contributed by atoms with van der Waals surface area (Å²) in [5.41, 5.74) is 0.713. The summed E-state index contributed by atoms with van der Waals surface area (Å²) in [7, 11) is 0. The summed E-state index contributed by atoms with van der Waals surface area (Å²) in [6.07, 6.45) is 4.09. The smallest absolute Gasteiger partial charge is 0.264 e. The molecule has 2 N–H and O–H groups in total. The molecule has 0 bridgehead atoms. The largest absolute Gasteiger partial charge is 0.396 e. The van der Waals surface area contributed by atoms with Crippen molar-refractivity contribution in [1.82, 2.24) is 0 Å². The summed E-state index contributed by atoms with van der Waals surface area (Å²) in [6, 6.07) is 13.6. The molecule has 0 saturated heterocycles. The number of carbonyl (C=O) groups excluding carboxylic acids is 1. The van der Waals surface area contributed by atoms with E-state index in [4.69, 9.17) is 5.11 Å². The minimum atomic E-state index is -1.63. The zero-order valence-electron chi connectivity index (χ0n) is 14.9. The number of aliphatic hydroxyl groups is 2. The number of hydrogen-bond donors (Lipinski definition) is 2. The molecule has 0 spiro atoms. The van der Waals surface area contributed by atoms with Crippen LogP contribution in [-0.2, 0) is 16.9 Å². The van der Waals surface area contributed by atoms with Crippen LogP contribution in [0, 0.1) is 9.49 Å². The molecule has 27 heavy (non-hydrogen) atoms. The molecule has 2 atom stereocenters. The van der Waals surface area contributed by atoms with Crippen LogP contribution in [0.25, 0.3) is 0 Å². The lowest BCUT2D eigenvalue weighted by atomic mass is 9.83. The molecule has 6 heteroatoms. The molecular weight excluding hydrogens is 521 g/mol. The molecule has 0 fully saturated rings. The van der Waals surface area contributed by atoms with Gasteiger partial charge in [0, 0.05) is 26.1 Å². The second-order valence-corrected chi connectivity index (χ2v) is 8.84. The monoisotopic (exact) mass is 541 g/mol. The van der Waals surface area contributed by atoms with Gasteiger partial charge in [0.2, 0.25) is 0 Å². The molecule has 1 aliphatic rings. The number of benzene rings is 2. The Morgan fingerprint density at radius 2 is 2.07 bits per heavy atom. The first-order chi connectivity index (χ1) is 12.9. The van der Waals surface area contributed by atoms with Gasteiger partial charge in [-0.05, 0) is 64.9 Å². The Kier molecular flexibility index (Phi) is 6.40. The van der Waals surface area contributed by atoms with E-state index >= 15 is 0 Å². The van der Waals surface area contributed by atoms with Crippen molar-refractivity contribution in [3.05, 3.63) is 73.8 Å². The number of rotatable bonds is 6. The number of fused-ring (bicyclic) bond motifs is 1. The number of anilines is 1. The molecule has 142 valence electrons. The Morgan fingerprint density at radius 3 is 2.78 bits per heavy atom. The second-order valence-electron chi connectivity index (χ2n) is 6.68. The normalized spacial score (nSPS) is 20.3. The molecule has 0 radical (unpaired) electrons.